The van der Waals surface area contributed by atoms with E-state index in [1.165, 1.54) is 21.6 Å². The van der Waals surface area contributed by atoms with Gasteiger partial charge in [-0.05, 0) is 42.0 Å². The van der Waals surface area contributed by atoms with Crippen LogP contribution in [0.5, 0.6) is 0 Å². The molecule has 5 nitrogen and oxygen atoms in total. The summed E-state index contributed by atoms with van der Waals surface area (Å²) < 4.78 is 27.9. The van der Waals surface area contributed by atoms with E-state index in [1.54, 1.807) is 32.0 Å². The maximum absolute atomic E-state index is 13.2. The summed E-state index contributed by atoms with van der Waals surface area (Å²) >= 11 is 1.47. The number of sulfonamides is 1. The number of amides is 1. The normalized spacial score (nSPS) is 14.8. The SMILES string of the molecule is CSc1ccc(S(=O)(=O)N2CCc3ccccc3C2)cc1NC(=O)C(C)C. The molecule has 2 aromatic rings. The minimum absolute atomic E-state index is 0.133. The first-order chi connectivity index (χ1) is 12.8. The fraction of sp³-hybridized carbons (Fsp3) is 0.350. The summed E-state index contributed by atoms with van der Waals surface area (Å²) in [6.07, 6.45) is 2.60. The molecule has 0 radical (unpaired) electrons. The lowest BCUT2D eigenvalue weighted by molar-refractivity contribution is -0.118. The van der Waals surface area contributed by atoms with Gasteiger partial charge in [-0.25, -0.2) is 8.42 Å². The molecule has 0 aromatic heterocycles. The van der Waals surface area contributed by atoms with Crippen molar-refractivity contribution in [3.63, 3.8) is 0 Å². The number of benzene rings is 2. The summed E-state index contributed by atoms with van der Waals surface area (Å²) in [7, 11) is -3.64. The van der Waals surface area contributed by atoms with Gasteiger partial charge in [0, 0.05) is 23.9 Å². The molecule has 0 fully saturated rings. The Labute approximate surface area is 165 Å². The van der Waals surface area contributed by atoms with Crippen molar-refractivity contribution in [1.29, 1.82) is 0 Å². The van der Waals surface area contributed by atoms with E-state index in [1.807, 2.05) is 30.5 Å². The van der Waals surface area contributed by atoms with Gasteiger partial charge >= 0.3 is 0 Å². The van der Waals surface area contributed by atoms with Crippen LogP contribution in [0.3, 0.4) is 0 Å². The predicted octanol–water partition coefficient (Wildman–Crippen LogP) is 3.75. The monoisotopic (exact) mass is 404 g/mol. The van der Waals surface area contributed by atoms with Crippen LogP contribution in [-0.2, 0) is 27.8 Å². The Kier molecular flexibility index (Phi) is 5.93. The fourth-order valence-electron chi connectivity index (χ4n) is 3.05. The van der Waals surface area contributed by atoms with Crippen LogP contribution in [-0.4, -0.2) is 31.4 Å². The summed E-state index contributed by atoms with van der Waals surface area (Å²) in [5.41, 5.74) is 2.78. The third-order valence-electron chi connectivity index (χ3n) is 4.69. The Bertz CT molecular complexity index is 955. The van der Waals surface area contributed by atoms with Gasteiger partial charge in [0.1, 0.15) is 0 Å². The number of fused-ring (bicyclic) bond motifs is 1. The van der Waals surface area contributed by atoms with Crippen LogP contribution in [0.25, 0.3) is 0 Å². The van der Waals surface area contributed by atoms with Crippen molar-refractivity contribution < 1.29 is 13.2 Å². The number of hydrogen-bond donors (Lipinski definition) is 1. The lowest BCUT2D eigenvalue weighted by Gasteiger charge is -2.28. The minimum atomic E-state index is -3.64. The van der Waals surface area contributed by atoms with Gasteiger partial charge in [-0.2, -0.15) is 4.31 Å². The molecular formula is C20H24N2O3S2. The summed E-state index contributed by atoms with van der Waals surface area (Å²) in [6, 6.07) is 12.9. The Hall–Kier alpha value is -1.83. The van der Waals surface area contributed by atoms with E-state index >= 15 is 0 Å². The second kappa shape index (κ2) is 8.04. The Morgan fingerprint density at radius 1 is 1.15 bits per heavy atom. The van der Waals surface area contributed by atoms with Crippen molar-refractivity contribution >= 4 is 33.4 Å². The van der Waals surface area contributed by atoms with Gasteiger partial charge in [0.15, 0.2) is 0 Å². The molecule has 1 N–H and O–H groups in total. The van der Waals surface area contributed by atoms with Crippen LogP contribution in [0, 0.1) is 5.92 Å². The standard InChI is InChI=1S/C20H24N2O3S2/c1-14(2)20(23)21-18-12-17(8-9-19(18)26-3)27(24,25)22-11-10-15-6-4-5-7-16(15)13-22/h4-9,12,14H,10-11,13H2,1-3H3,(H,21,23). The highest BCUT2D eigenvalue weighted by Crippen LogP contribution is 2.31. The molecule has 0 aliphatic carbocycles. The second-order valence-corrected chi connectivity index (χ2v) is 9.65. The van der Waals surface area contributed by atoms with Gasteiger partial charge in [0.25, 0.3) is 0 Å². The van der Waals surface area contributed by atoms with Crippen LogP contribution in [0.1, 0.15) is 25.0 Å². The number of nitrogens with one attached hydrogen (secondary N) is 1. The van der Waals surface area contributed by atoms with E-state index in [2.05, 4.69) is 5.32 Å². The zero-order chi connectivity index (χ0) is 19.6. The number of thioether (sulfide) groups is 1. The molecule has 0 unspecified atom stereocenters. The first-order valence-corrected chi connectivity index (χ1v) is 11.5. The smallest absolute Gasteiger partial charge is 0.243 e. The van der Waals surface area contributed by atoms with Gasteiger partial charge in [-0.15, -0.1) is 11.8 Å². The minimum Gasteiger partial charge on any atom is -0.325 e. The third kappa shape index (κ3) is 4.20. The van der Waals surface area contributed by atoms with Gasteiger partial charge in [-0.3, -0.25) is 4.79 Å². The second-order valence-electron chi connectivity index (χ2n) is 6.86. The van der Waals surface area contributed by atoms with E-state index in [0.29, 0.717) is 25.2 Å². The van der Waals surface area contributed by atoms with Crippen LogP contribution in [0.2, 0.25) is 0 Å². The molecule has 0 saturated heterocycles. The zero-order valence-corrected chi connectivity index (χ0v) is 17.4. The molecule has 27 heavy (non-hydrogen) atoms. The molecule has 1 amide bonds. The van der Waals surface area contributed by atoms with Crippen LogP contribution in [0.4, 0.5) is 5.69 Å². The van der Waals surface area contributed by atoms with E-state index in [4.69, 9.17) is 0 Å². The molecule has 1 aliphatic rings. The number of anilines is 1. The molecule has 144 valence electrons. The Morgan fingerprint density at radius 3 is 2.52 bits per heavy atom. The average molecular weight is 405 g/mol. The molecule has 0 bridgehead atoms. The highest BCUT2D eigenvalue weighted by molar-refractivity contribution is 7.98. The van der Waals surface area contributed by atoms with Crippen molar-refractivity contribution in [2.45, 2.75) is 36.6 Å². The molecular weight excluding hydrogens is 380 g/mol. The fourth-order valence-corrected chi connectivity index (χ4v) is 5.03. The Balaban J connectivity index is 1.92. The first kappa shape index (κ1) is 19.9. The van der Waals surface area contributed by atoms with Crippen molar-refractivity contribution in [3.05, 3.63) is 53.6 Å². The van der Waals surface area contributed by atoms with Crippen LogP contribution >= 0.6 is 11.8 Å². The molecule has 1 aliphatic heterocycles. The maximum Gasteiger partial charge on any atom is 0.243 e. The topological polar surface area (TPSA) is 66.5 Å². The summed E-state index contributed by atoms with van der Waals surface area (Å²) in [5.74, 6) is -0.315. The van der Waals surface area contributed by atoms with Crippen molar-refractivity contribution in [1.82, 2.24) is 4.31 Å². The van der Waals surface area contributed by atoms with E-state index < -0.39 is 10.0 Å². The van der Waals surface area contributed by atoms with E-state index in [-0.39, 0.29) is 16.7 Å². The van der Waals surface area contributed by atoms with Crippen LogP contribution in [0.15, 0.2) is 52.3 Å². The highest BCUT2D eigenvalue weighted by atomic mass is 32.2. The number of rotatable bonds is 5. The van der Waals surface area contributed by atoms with Gasteiger partial charge in [0.05, 0.1) is 10.6 Å². The van der Waals surface area contributed by atoms with Gasteiger partial charge in [-0.1, -0.05) is 38.1 Å². The molecule has 2 aromatic carbocycles. The zero-order valence-electron chi connectivity index (χ0n) is 15.7. The molecule has 7 heteroatoms. The average Bonchev–Trinajstić information content (AvgIpc) is 2.67. The lowest BCUT2D eigenvalue weighted by Crippen LogP contribution is -2.36. The molecule has 3 rings (SSSR count). The molecule has 0 saturated carbocycles. The van der Waals surface area contributed by atoms with Crippen molar-refractivity contribution in [2.75, 3.05) is 18.1 Å². The predicted molar refractivity (Wildman–Crippen MR) is 109 cm³/mol. The van der Waals surface area contributed by atoms with Gasteiger partial charge < -0.3 is 5.32 Å². The Morgan fingerprint density at radius 2 is 1.85 bits per heavy atom. The number of nitrogens with zero attached hydrogens (tertiary/aromatic N) is 1. The van der Waals surface area contributed by atoms with Crippen molar-refractivity contribution in [2.24, 2.45) is 5.92 Å². The lowest BCUT2D eigenvalue weighted by atomic mass is 10.0. The van der Waals surface area contributed by atoms with Crippen molar-refractivity contribution in [3.8, 4) is 0 Å². The molecule has 0 atom stereocenters. The first-order valence-electron chi connectivity index (χ1n) is 8.88. The quantitative estimate of drug-likeness (QED) is 0.771. The number of carbonyl (C=O) groups is 1. The van der Waals surface area contributed by atoms with Gasteiger partial charge in [0.2, 0.25) is 15.9 Å². The van der Waals surface area contributed by atoms with E-state index in [9.17, 15) is 13.2 Å². The highest BCUT2D eigenvalue weighted by Gasteiger charge is 2.29. The van der Waals surface area contributed by atoms with E-state index in [0.717, 1.165) is 10.5 Å². The molecule has 0 spiro atoms. The third-order valence-corrected chi connectivity index (χ3v) is 7.32. The number of carbonyl (C=O) groups excluding carboxylic acids is 1. The summed E-state index contributed by atoms with van der Waals surface area (Å²) in [6.45, 7) is 4.44. The summed E-state index contributed by atoms with van der Waals surface area (Å²) in [4.78, 5) is 13.1. The summed E-state index contributed by atoms with van der Waals surface area (Å²) in [5, 5.41) is 2.85. The molecule has 1 heterocycles. The largest absolute Gasteiger partial charge is 0.325 e. The van der Waals surface area contributed by atoms with Crippen LogP contribution < -0.4 is 5.32 Å². The number of hydrogen-bond acceptors (Lipinski definition) is 4. The maximum atomic E-state index is 13.2.